The van der Waals surface area contributed by atoms with Crippen LogP contribution in [-0.2, 0) is 19.6 Å². The lowest BCUT2D eigenvalue weighted by molar-refractivity contribution is -0.150. The van der Waals surface area contributed by atoms with E-state index in [1.54, 1.807) is 62.4 Å². The smallest absolute Gasteiger partial charge is 0.336 e. The Hall–Kier alpha value is -5.08. The zero-order chi connectivity index (χ0) is 32.5. The number of nitrogens with one attached hydrogen (secondary N) is 3. The molecule has 7 N–H and O–H groups in total. The third-order valence-electron chi connectivity index (χ3n) is 5.86. The number of rotatable bonds is 9. The van der Waals surface area contributed by atoms with E-state index in [2.05, 4.69) is 10.6 Å². The van der Waals surface area contributed by atoms with E-state index in [0.29, 0.717) is 23.1 Å². The molecular formula is C29H32N4O9S. The molecule has 3 rings (SSSR count). The van der Waals surface area contributed by atoms with Gasteiger partial charge < -0.3 is 26.2 Å². The van der Waals surface area contributed by atoms with Gasteiger partial charge in [0.25, 0.3) is 21.9 Å². The number of methoxy groups -OCH3 is 1. The van der Waals surface area contributed by atoms with Crippen molar-refractivity contribution in [2.75, 3.05) is 25.2 Å². The molecular weight excluding hydrogens is 580 g/mol. The molecule has 0 aliphatic rings. The van der Waals surface area contributed by atoms with Gasteiger partial charge in [0.15, 0.2) is 0 Å². The average molecular weight is 613 g/mol. The van der Waals surface area contributed by atoms with Crippen molar-refractivity contribution in [2.45, 2.75) is 13.8 Å². The van der Waals surface area contributed by atoms with Crippen molar-refractivity contribution >= 4 is 45.4 Å². The summed E-state index contributed by atoms with van der Waals surface area (Å²) in [6.07, 6.45) is 0.715. The number of carboxylic acid groups (broad SMARTS) is 1. The van der Waals surface area contributed by atoms with Crippen LogP contribution in [0.1, 0.15) is 50.5 Å². The monoisotopic (exact) mass is 612 g/mol. The van der Waals surface area contributed by atoms with Crippen LogP contribution in [0.15, 0.2) is 66.7 Å². The first-order valence-electron chi connectivity index (χ1n) is 12.5. The Bertz CT molecular complexity index is 1640. The summed E-state index contributed by atoms with van der Waals surface area (Å²) in [5, 5.41) is 22.8. The molecule has 0 fully saturated rings. The van der Waals surface area contributed by atoms with Crippen LogP contribution in [-0.4, -0.2) is 67.6 Å². The number of nitrogen functional groups attached to an aromatic ring is 1. The highest BCUT2D eigenvalue weighted by molar-refractivity contribution is 7.85. The van der Waals surface area contributed by atoms with Gasteiger partial charge in [-0.1, -0.05) is 24.3 Å². The highest BCUT2D eigenvalue weighted by atomic mass is 32.2. The van der Waals surface area contributed by atoms with Crippen LogP contribution in [0.2, 0.25) is 0 Å². The molecule has 0 spiro atoms. The molecule has 0 unspecified atom stereocenters. The summed E-state index contributed by atoms with van der Waals surface area (Å²) in [7, 11) is -2.41. The van der Waals surface area contributed by atoms with Gasteiger partial charge in [0.2, 0.25) is 0 Å². The van der Waals surface area contributed by atoms with Crippen LogP contribution < -0.4 is 16.4 Å². The molecule has 3 aromatic rings. The maximum Gasteiger partial charge on any atom is 0.336 e. The zero-order valence-corrected chi connectivity index (χ0v) is 24.6. The summed E-state index contributed by atoms with van der Waals surface area (Å²) in [5.74, 6) is -2.90. The number of aromatic carboxylic acids is 1. The third kappa shape index (κ3) is 10.1. The maximum atomic E-state index is 13.1. The number of carboxylic acids is 1. The van der Waals surface area contributed by atoms with Gasteiger partial charge in [0.1, 0.15) is 5.84 Å². The van der Waals surface area contributed by atoms with Crippen molar-refractivity contribution in [2.24, 2.45) is 11.1 Å². The summed E-state index contributed by atoms with van der Waals surface area (Å²) in [5.41, 5.74) is 6.22. The fraction of sp³-hybridized carbons (Fsp3) is 0.207. The van der Waals surface area contributed by atoms with Gasteiger partial charge in [-0.05, 0) is 67.4 Å². The standard InChI is InChI=1S/C28H28N4O6.CH4O3S/c1-28(2,27(37)38-3)15-31-24(33)17-10-13-20(22(14-17)26(35)36)19-6-4-5-7-21(19)25(34)32-18-11-8-16(9-12-18)23(29)30;1-5(2,3)4/h4-14H,15H2,1-3H3,(H3,29,30)(H,31,33)(H,32,34)(H,35,36);1H3,(H,2,3,4). The van der Waals surface area contributed by atoms with Gasteiger partial charge in [-0.3, -0.25) is 24.3 Å². The zero-order valence-electron chi connectivity index (χ0n) is 23.8. The summed E-state index contributed by atoms with van der Waals surface area (Å²) < 4.78 is 30.6. The molecule has 0 aliphatic heterocycles. The minimum absolute atomic E-state index is 0.0148. The van der Waals surface area contributed by atoms with Crippen molar-refractivity contribution in [3.05, 3.63) is 89.0 Å². The van der Waals surface area contributed by atoms with Crippen molar-refractivity contribution in [3.63, 3.8) is 0 Å². The van der Waals surface area contributed by atoms with E-state index in [9.17, 15) is 32.7 Å². The Morgan fingerprint density at radius 3 is 1.98 bits per heavy atom. The molecule has 0 bridgehead atoms. The van der Waals surface area contributed by atoms with Crippen LogP contribution in [0.25, 0.3) is 11.1 Å². The number of hydrogen-bond donors (Lipinski definition) is 6. The van der Waals surface area contributed by atoms with Crippen molar-refractivity contribution in [1.82, 2.24) is 5.32 Å². The lowest BCUT2D eigenvalue weighted by atomic mass is 9.92. The fourth-order valence-corrected chi connectivity index (χ4v) is 3.70. The van der Waals surface area contributed by atoms with E-state index in [1.807, 2.05) is 0 Å². The Kier molecular flexibility index (Phi) is 11.3. The number of carbonyl (C=O) groups excluding carboxylic acids is 3. The maximum absolute atomic E-state index is 13.1. The molecule has 0 saturated heterocycles. The van der Waals surface area contributed by atoms with Gasteiger partial charge in [0.05, 0.1) is 24.3 Å². The number of anilines is 1. The van der Waals surface area contributed by atoms with Crippen LogP contribution >= 0.6 is 0 Å². The molecule has 0 atom stereocenters. The van der Waals surface area contributed by atoms with E-state index in [-0.39, 0.29) is 34.6 Å². The van der Waals surface area contributed by atoms with Crippen LogP contribution in [0.5, 0.6) is 0 Å². The normalized spacial score (nSPS) is 10.9. The SMILES string of the molecule is COC(=O)C(C)(C)CNC(=O)c1ccc(-c2ccccc2C(=O)Nc2ccc(C(=N)N)cc2)c(C(=O)O)c1.CS(=O)(=O)O. The average Bonchev–Trinajstić information content (AvgIpc) is 2.94. The van der Waals surface area contributed by atoms with Crippen LogP contribution in [0, 0.1) is 10.8 Å². The number of carbonyl (C=O) groups is 4. The molecule has 2 amide bonds. The molecule has 3 aromatic carbocycles. The molecule has 0 aromatic heterocycles. The molecule has 13 nitrogen and oxygen atoms in total. The number of hydrogen-bond acceptors (Lipinski definition) is 8. The van der Waals surface area contributed by atoms with E-state index in [4.69, 9.17) is 20.4 Å². The van der Waals surface area contributed by atoms with Gasteiger partial charge in [0, 0.05) is 28.9 Å². The summed E-state index contributed by atoms with van der Waals surface area (Å²) in [6.45, 7) is 3.22. The van der Waals surface area contributed by atoms with Crippen LogP contribution in [0.4, 0.5) is 5.69 Å². The van der Waals surface area contributed by atoms with Crippen molar-refractivity contribution < 1.29 is 42.0 Å². The predicted octanol–water partition coefficient (Wildman–Crippen LogP) is 3.02. The first-order valence-corrected chi connectivity index (χ1v) is 14.3. The Morgan fingerprint density at radius 2 is 1.44 bits per heavy atom. The van der Waals surface area contributed by atoms with E-state index >= 15 is 0 Å². The third-order valence-corrected chi connectivity index (χ3v) is 5.86. The largest absolute Gasteiger partial charge is 0.478 e. The minimum Gasteiger partial charge on any atom is -0.478 e. The second kappa shape index (κ2) is 14.2. The highest BCUT2D eigenvalue weighted by Gasteiger charge is 2.29. The topological polar surface area (TPSA) is 226 Å². The summed E-state index contributed by atoms with van der Waals surface area (Å²) in [6, 6.07) is 17.1. The first kappa shape index (κ1) is 34.1. The molecule has 228 valence electrons. The number of ether oxygens (including phenoxy) is 1. The number of amidine groups is 1. The number of benzene rings is 3. The minimum atomic E-state index is -3.67. The number of amides is 2. The Balaban J connectivity index is 0.00000119. The molecule has 43 heavy (non-hydrogen) atoms. The predicted molar refractivity (Wildman–Crippen MR) is 160 cm³/mol. The van der Waals surface area contributed by atoms with Gasteiger partial charge in [-0.15, -0.1) is 0 Å². The number of esters is 1. The van der Waals surface area contributed by atoms with Crippen LogP contribution in [0.3, 0.4) is 0 Å². The first-order chi connectivity index (χ1) is 19.9. The molecule has 0 radical (unpaired) electrons. The lowest BCUT2D eigenvalue weighted by Gasteiger charge is -2.21. The molecule has 0 heterocycles. The Morgan fingerprint density at radius 1 is 0.907 bits per heavy atom. The number of nitrogens with two attached hydrogens (primary N) is 1. The van der Waals surface area contributed by atoms with Gasteiger partial charge in [-0.25, -0.2) is 4.79 Å². The lowest BCUT2D eigenvalue weighted by Crippen LogP contribution is -2.39. The molecule has 14 heteroatoms. The van der Waals surface area contributed by atoms with Crippen molar-refractivity contribution in [3.8, 4) is 11.1 Å². The Labute approximate surface area is 248 Å². The van der Waals surface area contributed by atoms with E-state index < -0.39 is 39.3 Å². The molecule has 0 saturated carbocycles. The summed E-state index contributed by atoms with van der Waals surface area (Å²) >= 11 is 0. The van der Waals surface area contributed by atoms with E-state index in [1.165, 1.54) is 25.3 Å². The van der Waals surface area contributed by atoms with Crippen molar-refractivity contribution in [1.29, 1.82) is 5.41 Å². The van der Waals surface area contributed by atoms with Gasteiger partial charge in [-0.2, -0.15) is 8.42 Å². The van der Waals surface area contributed by atoms with E-state index in [0.717, 1.165) is 0 Å². The fourth-order valence-electron chi connectivity index (χ4n) is 3.70. The highest BCUT2D eigenvalue weighted by Crippen LogP contribution is 2.29. The quantitative estimate of drug-likeness (QED) is 0.0896. The van der Waals surface area contributed by atoms with Gasteiger partial charge >= 0.3 is 11.9 Å². The second-order valence-electron chi connectivity index (χ2n) is 9.85. The summed E-state index contributed by atoms with van der Waals surface area (Å²) in [4.78, 5) is 49.9. The second-order valence-corrected chi connectivity index (χ2v) is 11.3. The molecule has 0 aliphatic carbocycles.